The van der Waals surface area contributed by atoms with Crippen LogP contribution in [0.5, 0.6) is 0 Å². The van der Waals surface area contributed by atoms with Gasteiger partial charge in [0.1, 0.15) is 11.1 Å². The molecule has 8 heteroatoms. The first-order chi connectivity index (χ1) is 11.8. The summed E-state index contributed by atoms with van der Waals surface area (Å²) >= 11 is 6.11. The summed E-state index contributed by atoms with van der Waals surface area (Å²) in [6, 6.07) is 10.3. The largest absolute Gasteiger partial charge is 0.364 e. The van der Waals surface area contributed by atoms with E-state index >= 15 is 0 Å². The van der Waals surface area contributed by atoms with Crippen LogP contribution in [-0.2, 0) is 10.0 Å². The van der Waals surface area contributed by atoms with Crippen molar-refractivity contribution in [2.75, 3.05) is 17.3 Å². The number of nitrogens with one attached hydrogen (secondary N) is 2. The number of para-hydroxylation sites is 1. The number of carbonyl (C=O) groups is 1. The molecule has 2 aromatic rings. The number of carbonyl (C=O) groups excluding carboxylic acids is 1. The van der Waals surface area contributed by atoms with Gasteiger partial charge >= 0.3 is 0 Å². The van der Waals surface area contributed by atoms with E-state index in [2.05, 4.69) is 10.0 Å². The number of amides is 1. The molecule has 6 nitrogen and oxygen atoms in total. The number of rotatable bonds is 3. The number of anilines is 2. The highest BCUT2D eigenvalue weighted by Gasteiger charge is 2.33. The van der Waals surface area contributed by atoms with Crippen LogP contribution in [-0.4, -0.2) is 27.5 Å². The Balaban J connectivity index is 2.16. The Morgan fingerprint density at radius 3 is 2.56 bits per heavy atom. The van der Waals surface area contributed by atoms with E-state index in [4.69, 9.17) is 11.6 Å². The molecule has 0 fully saturated rings. The number of aryl methyl sites for hydroxylation is 1. The molecule has 0 spiro atoms. The van der Waals surface area contributed by atoms with E-state index in [9.17, 15) is 13.2 Å². The lowest BCUT2D eigenvalue weighted by atomic mass is 10.1. The summed E-state index contributed by atoms with van der Waals surface area (Å²) in [5, 5.41) is 3.27. The van der Waals surface area contributed by atoms with Crippen LogP contribution in [0.1, 0.15) is 22.8 Å². The fourth-order valence-corrected chi connectivity index (χ4v) is 4.19. The maximum Gasteiger partial charge on any atom is 0.262 e. The second-order valence-corrected chi connectivity index (χ2v) is 8.08. The molecular formula is C17H18ClN3O3S. The molecule has 1 atom stereocenters. The van der Waals surface area contributed by atoms with E-state index in [1.807, 2.05) is 38.1 Å². The number of halogens is 1. The molecule has 1 aliphatic rings. The summed E-state index contributed by atoms with van der Waals surface area (Å²) < 4.78 is 26.5. The van der Waals surface area contributed by atoms with Crippen LogP contribution >= 0.6 is 11.6 Å². The monoisotopic (exact) mass is 379 g/mol. The van der Waals surface area contributed by atoms with Gasteiger partial charge in [0.25, 0.3) is 5.91 Å². The van der Waals surface area contributed by atoms with Crippen molar-refractivity contribution in [2.24, 2.45) is 0 Å². The number of benzene rings is 2. The van der Waals surface area contributed by atoms with Gasteiger partial charge < -0.3 is 5.32 Å². The molecule has 2 aromatic carbocycles. The molecule has 3 rings (SSSR count). The molecule has 1 amide bonds. The maximum absolute atomic E-state index is 13.1. The smallest absolute Gasteiger partial charge is 0.262 e. The van der Waals surface area contributed by atoms with Crippen molar-refractivity contribution in [3.05, 3.63) is 52.5 Å². The maximum atomic E-state index is 13.1. The molecule has 1 aliphatic heterocycles. The van der Waals surface area contributed by atoms with Gasteiger partial charge in [-0.25, -0.2) is 13.1 Å². The first-order valence-electron chi connectivity index (χ1n) is 7.69. The second-order valence-electron chi connectivity index (χ2n) is 5.82. The topological polar surface area (TPSA) is 78.5 Å². The van der Waals surface area contributed by atoms with Crippen LogP contribution < -0.4 is 14.9 Å². The van der Waals surface area contributed by atoms with Crippen molar-refractivity contribution in [3.8, 4) is 0 Å². The van der Waals surface area contributed by atoms with Crippen molar-refractivity contribution in [1.82, 2.24) is 4.72 Å². The predicted octanol–water partition coefficient (Wildman–Crippen LogP) is 2.97. The Bertz CT molecular complexity index is 960. The van der Waals surface area contributed by atoms with Crippen molar-refractivity contribution >= 4 is 38.9 Å². The van der Waals surface area contributed by atoms with Crippen LogP contribution in [0.4, 0.5) is 11.4 Å². The van der Waals surface area contributed by atoms with Crippen LogP contribution in [0.2, 0.25) is 5.02 Å². The van der Waals surface area contributed by atoms with Gasteiger partial charge in [-0.05, 0) is 44.7 Å². The molecule has 0 bridgehead atoms. The molecule has 2 N–H and O–H groups in total. The SMILES string of the molecule is CNS(=O)(=O)c1cc2c(cc1Cl)NC(C)N(c1ccccc1C)C2=O. The predicted molar refractivity (Wildman–Crippen MR) is 98.8 cm³/mol. The lowest BCUT2D eigenvalue weighted by molar-refractivity contribution is 0.0976. The van der Waals surface area contributed by atoms with Gasteiger partial charge in [0, 0.05) is 5.69 Å². The highest BCUT2D eigenvalue weighted by molar-refractivity contribution is 7.89. The van der Waals surface area contributed by atoms with Crippen LogP contribution in [0, 0.1) is 6.92 Å². The third kappa shape index (κ3) is 2.99. The number of fused-ring (bicyclic) bond motifs is 1. The van der Waals surface area contributed by atoms with E-state index in [-0.39, 0.29) is 27.6 Å². The van der Waals surface area contributed by atoms with Crippen LogP contribution in [0.15, 0.2) is 41.3 Å². The minimum Gasteiger partial charge on any atom is -0.364 e. The number of hydrogen-bond acceptors (Lipinski definition) is 4. The fourth-order valence-electron chi connectivity index (χ4n) is 2.91. The average molecular weight is 380 g/mol. The summed E-state index contributed by atoms with van der Waals surface area (Å²) in [6.45, 7) is 3.78. The summed E-state index contributed by atoms with van der Waals surface area (Å²) in [5.74, 6) is -0.278. The zero-order valence-corrected chi connectivity index (χ0v) is 15.6. The van der Waals surface area contributed by atoms with Gasteiger partial charge in [0.05, 0.1) is 16.3 Å². The Hall–Kier alpha value is -2.09. The van der Waals surface area contributed by atoms with Gasteiger partial charge in [0.15, 0.2) is 0 Å². The van der Waals surface area contributed by atoms with Crippen LogP contribution in [0.3, 0.4) is 0 Å². The zero-order valence-electron chi connectivity index (χ0n) is 14.0. The first-order valence-corrected chi connectivity index (χ1v) is 9.55. The van der Waals surface area contributed by atoms with E-state index in [1.165, 1.54) is 19.2 Å². The third-order valence-electron chi connectivity index (χ3n) is 4.21. The molecule has 1 unspecified atom stereocenters. The van der Waals surface area contributed by atoms with Gasteiger partial charge in [-0.3, -0.25) is 9.69 Å². The van der Waals surface area contributed by atoms with Crippen molar-refractivity contribution in [1.29, 1.82) is 0 Å². The Kier molecular flexibility index (Phi) is 4.49. The van der Waals surface area contributed by atoms with Gasteiger partial charge in [-0.1, -0.05) is 29.8 Å². The lowest BCUT2D eigenvalue weighted by Gasteiger charge is -2.37. The molecule has 25 heavy (non-hydrogen) atoms. The quantitative estimate of drug-likeness (QED) is 0.859. The average Bonchev–Trinajstić information content (AvgIpc) is 2.55. The van der Waals surface area contributed by atoms with Crippen molar-refractivity contribution in [2.45, 2.75) is 24.9 Å². The molecule has 0 aliphatic carbocycles. The molecule has 0 saturated heterocycles. The Morgan fingerprint density at radius 1 is 1.24 bits per heavy atom. The summed E-state index contributed by atoms with van der Waals surface area (Å²) in [7, 11) is -2.47. The van der Waals surface area contributed by atoms with Gasteiger partial charge in [-0.2, -0.15) is 0 Å². The molecule has 0 saturated carbocycles. The third-order valence-corrected chi connectivity index (χ3v) is 6.09. The highest BCUT2D eigenvalue weighted by Crippen LogP contribution is 2.35. The molecule has 132 valence electrons. The molecule has 0 radical (unpaired) electrons. The standard InChI is InChI=1S/C17H18ClN3O3S/c1-10-6-4-5-7-15(10)21-11(2)20-14-9-13(18)16(25(23,24)19-3)8-12(14)17(21)22/h4-9,11,19-20H,1-3H3. The van der Waals surface area contributed by atoms with Crippen molar-refractivity contribution < 1.29 is 13.2 Å². The molecular weight excluding hydrogens is 362 g/mol. The van der Waals surface area contributed by atoms with Crippen molar-refractivity contribution in [3.63, 3.8) is 0 Å². The lowest BCUT2D eigenvalue weighted by Crippen LogP contribution is -2.47. The summed E-state index contributed by atoms with van der Waals surface area (Å²) in [5.41, 5.74) is 2.50. The molecule has 1 heterocycles. The second kappa shape index (κ2) is 6.33. The van der Waals surface area contributed by atoms with Gasteiger partial charge in [0.2, 0.25) is 10.0 Å². The highest BCUT2D eigenvalue weighted by atomic mass is 35.5. The summed E-state index contributed by atoms with van der Waals surface area (Å²) in [4.78, 5) is 14.6. The number of sulfonamides is 1. The summed E-state index contributed by atoms with van der Waals surface area (Å²) in [6.07, 6.45) is -0.302. The Labute approximate surface area is 151 Å². The van der Waals surface area contributed by atoms with E-state index in [0.717, 1.165) is 11.3 Å². The first kappa shape index (κ1) is 17.7. The normalized spacial score (nSPS) is 17.2. The Morgan fingerprint density at radius 2 is 1.92 bits per heavy atom. The van der Waals surface area contributed by atoms with E-state index in [0.29, 0.717) is 5.69 Å². The molecule has 0 aromatic heterocycles. The van der Waals surface area contributed by atoms with Gasteiger partial charge in [-0.15, -0.1) is 0 Å². The van der Waals surface area contributed by atoms with Crippen LogP contribution in [0.25, 0.3) is 0 Å². The van der Waals surface area contributed by atoms with E-state index in [1.54, 1.807) is 4.90 Å². The zero-order chi connectivity index (χ0) is 18.4. The van der Waals surface area contributed by atoms with E-state index < -0.39 is 10.0 Å². The number of nitrogens with zero attached hydrogens (tertiary/aromatic N) is 1. The minimum absolute atomic E-state index is 0.0601. The fraction of sp³-hybridized carbons (Fsp3) is 0.235. The number of hydrogen-bond donors (Lipinski definition) is 2. The minimum atomic E-state index is -3.77.